The van der Waals surface area contributed by atoms with Gasteiger partial charge in [0.05, 0.1) is 11.3 Å². The number of aryl methyl sites for hydroxylation is 1. The molecule has 128 valence electrons. The van der Waals surface area contributed by atoms with Crippen LogP contribution in [0, 0.1) is 12.8 Å². The Kier molecular flexibility index (Phi) is 5.20. The topological polar surface area (TPSA) is 75.9 Å². The van der Waals surface area contributed by atoms with E-state index in [2.05, 4.69) is 20.6 Å². The molecule has 7 heteroatoms. The standard InChI is InChI=1S/C17H24N6O/c1-13-5-6-15(8-19-13)17(24)22-7-3-4-14(10-22)11-23-12-16(9-18-2)20-21-23/h5-6,8,12,14,18H,3-4,7,9-11H2,1-2H3/t14-/m0/s1. The molecule has 0 aromatic carbocycles. The number of nitrogens with one attached hydrogen (secondary N) is 1. The van der Waals surface area contributed by atoms with Gasteiger partial charge in [-0.2, -0.15) is 0 Å². The van der Waals surface area contributed by atoms with Crippen LogP contribution in [-0.2, 0) is 13.1 Å². The van der Waals surface area contributed by atoms with Crippen molar-refractivity contribution in [2.45, 2.75) is 32.9 Å². The lowest BCUT2D eigenvalue weighted by atomic mass is 9.97. The maximum Gasteiger partial charge on any atom is 0.255 e. The fourth-order valence-electron chi connectivity index (χ4n) is 3.13. The molecule has 1 aliphatic heterocycles. The van der Waals surface area contributed by atoms with E-state index in [1.165, 1.54) is 0 Å². The lowest BCUT2D eigenvalue weighted by Gasteiger charge is -2.32. The lowest BCUT2D eigenvalue weighted by Crippen LogP contribution is -2.41. The summed E-state index contributed by atoms with van der Waals surface area (Å²) in [4.78, 5) is 18.8. The summed E-state index contributed by atoms with van der Waals surface area (Å²) >= 11 is 0. The van der Waals surface area contributed by atoms with Crippen molar-refractivity contribution in [3.8, 4) is 0 Å². The smallest absolute Gasteiger partial charge is 0.255 e. The number of hydrogen-bond acceptors (Lipinski definition) is 5. The highest BCUT2D eigenvalue weighted by Crippen LogP contribution is 2.20. The van der Waals surface area contributed by atoms with Gasteiger partial charge in [0, 0.05) is 44.3 Å². The molecule has 1 amide bonds. The second-order valence-electron chi connectivity index (χ2n) is 6.41. The zero-order valence-corrected chi connectivity index (χ0v) is 14.3. The van der Waals surface area contributed by atoms with Crippen molar-refractivity contribution in [3.05, 3.63) is 41.5 Å². The van der Waals surface area contributed by atoms with Crippen molar-refractivity contribution < 1.29 is 4.79 Å². The normalized spacial score (nSPS) is 17.9. The molecule has 3 heterocycles. The van der Waals surface area contributed by atoms with Crippen LogP contribution >= 0.6 is 0 Å². The summed E-state index contributed by atoms with van der Waals surface area (Å²) in [6.07, 6.45) is 5.77. The predicted octanol–water partition coefficient (Wildman–Crippen LogP) is 1.25. The van der Waals surface area contributed by atoms with Crippen molar-refractivity contribution >= 4 is 5.91 Å². The lowest BCUT2D eigenvalue weighted by molar-refractivity contribution is 0.0659. The van der Waals surface area contributed by atoms with Crippen molar-refractivity contribution in [3.63, 3.8) is 0 Å². The van der Waals surface area contributed by atoms with Crippen LogP contribution in [0.5, 0.6) is 0 Å². The summed E-state index contributed by atoms with van der Waals surface area (Å²) < 4.78 is 1.89. The summed E-state index contributed by atoms with van der Waals surface area (Å²) in [6.45, 7) is 5.01. The second-order valence-corrected chi connectivity index (χ2v) is 6.41. The number of likely N-dealkylation sites (tertiary alicyclic amines) is 1. The Hall–Kier alpha value is -2.28. The number of amides is 1. The molecular weight excluding hydrogens is 304 g/mol. The third-order valence-electron chi connectivity index (χ3n) is 4.35. The van der Waals surface area contributed by atoms with Gasteiger partial charge >= 0.3 is 0 Å². The van der Waals surface area contributed by atoms with Crippen LogP contribution in [0.4, 0.5) is 0 Å². The minimum atomic E-state index is 0.0710. The minimum Gasteiger partial charge on any atom is -0.338 e. The SMILES string of the molecule is CNCc1cn(C[C@H]2CCCN(C(=O)c3ccc(C)nc3)C2)nn1. The third-order valence-corrected chi connectivity index (χ3v) is 4.35. The number of carbonyl (C=O) groups excluding carboxylic acids is 1. The molecule has 1 atom stereocenters. The van der Waals surface area contributed by atoms with Gasteiger partial charge in [0.25, 0.3) is 5.91 Å². The molecule has 2 aromatic heterocycles. The molecule has 0 unspecified atom stereocenters. The van der Waals surface area contributed by atoms with Crippen LogP contribution in [0.2, 0.25) is 0 Å². The molecule has 1 N–H and O–H groups in total. The Morgan fingerprint density at radius 2 is 2.29 bits per heavy atom. The van der Waals surface area contributed by atoms with Gasteiger partial charge in [-0.3, -0.25) is 14.5 Å². The van der Waals surface area contributed by atoms with Crippen LogP contribution in [-0.4, -0.2) is 50.9 Å². The van der Waals surface area contributed by atoms with Crippen molar-refractivity contribution in [2.75, 3.05) is 20.1 Å². The summed E-state index contributed by atoms with van der Waals surface area (Å²) in [7, 11) is 1.89. The van der Waals surface area contributed by atoms with Crippen molar-refractivity contribution in [1.29, 1.82) is 0 Å². The van der Waals surface area contributed by atoms with E-state index in [1.807, 2.05) is 41.9 Å². The first-order valence-corrected chi connectivity index (χ1v) is 8.41. The third kappa shape index (κ3) is 3.97. The van der Waals surface area contributed by atoms with Crippen molar-refractivity contribution in [1.82, 2.24) is 30.2 Å². The van der Waals surface area contributed by atoms with Gasteiger partial charge in [-0.15, -0.1) is 5.10 Å². The van der Waals surface area contributed by atoms with E-state index in [-0.39, 0.29) is 5.91 Å². The monoisotopic (exact) mass is 328 g/mol. The molecular formula is C17H24N6O. The molecule has 2 aromatic rings. The van der Waals surface area contributed by atoms with E-state index in [9.17, 15) is 4.79 Å². The fraction of sp³-hybridized carbons (Fsp3) is 0.529. The van der Waals surface area contributed by atoms with Gasteiger partial charge in [-0.25, -0.2) is 0 Å². The maximum atomic E-state index is 12.6. The van der Waals surface area contributed by atoms with E-state index in [1.54, 1.807) is 6.20 Å². The molecule has 1 aliphatic rings. The Balaban J connectivity index is 1.61. The van der Waals surface area contributed by atoms with Crippen LogP contribution in [0.15, 0.2) is 24.5 Å². The number of aromatic nitrogens is 4. The molecule has 1 fully saturated rings. The summed E-state index contributed by atoms with van der Waals surface area (Å²) in [5.74, 6) is 0.479. The van der Waals surface area contributed by atoms with Gasteiger partial charge in [-0.05, 0) is 44.9 Å². The Bertz CT molecular complexity index is 681. The van der Waals surface area contributed by atoms with Crippen LogP contribution < -0.4 is 5.32 Å². The molecule has 0 aliphatic carbocycles. The molecule has 3 rings (SSSR count). The molecule has 1 saturated heterocycles. The number of nitrogens with zero attached hydrogens (tertiary/aromatic N) is 5. The Morgan fingerprint density at radius 3 is 3.04 bits per heavy atom. The average molecular weight is 328 g/mol. The van der Waals surface area contributed by atoms with E-state index >= 15 is 0 Å². The highest BCUT2D eigenvalue weighted by Gasteiger charge is 2.25. The Morgan fingerprint density at radius 1 is 1.42 bits per heavy atom. The van der Waals surface area contributed by atoms with E-state index in [0.717, 1.165) is 50.4 Å². The highest BCUT2D eigenvalue weighted by molar-refractivity contribution is 5.94. The number of rotatable bonds is 5. The first kappa shape index (κ1) is 16.6. The van der Waals surface area contributed by atoms with Crippen molar-refractivity contribution in [2.24, 2.45) is 5.92 Å². The fourth-order valence-corrected chi connectivity index (χ4v) is 3.13. The van der Waals surface area contributed by atoms with Gasteiger partial charge in [0.1, 0.15) is 0 Å². The van der Waals surface area contributed by atoms with Gasteiger partial charge < -0.3 is 10.2 Å². The summed E-state index contributed by atoms with van der Waals surface area (Å²) in [5, 5.41) is 11.4. The van der Waals surface area contributed by atoms with E-state index in [4.69, 9.17) is 0 Å². The number of carbonyl (C=O) groups is 1. The molecule has 0 radical (unpaired) electrons. The molecule has 0 spiro atoms. The van der Waals surface area contributed by atoms with Crippen LogP contribution in [0.25, 0.3) is 0 Å². The molecule has 0 saturated carbocycles. The quantitative estimate of drug-likeness (QED) is 0.894. The average Bonchev–Trinajstić information content (AvgIpc) is 3.02. The maximum absolute atomic E-state index is 12.6. The van der Waals surface area contributed by atoms with Gasteiger partial charge in [0.2, 0.25) is 0 Å². The minimum absolute atomic E-state index is 0.0710. The van der Waals surface area contributed by atoms with Gasteiger partial charge in [-0.1, -0.05) is 5.21 Å². The van der Waals surface area contributed by atoms with E-state index in [0.29, 0.717) is 11.5 Å². The van der Waals surface area contributed by atoms with Crippen LogP contribution in [0.3, 0.4) is 0 Å². The Labute approximate surface area is 142 Å². The largest absolute Gasteiger partial charge is 0.338 e. The first-order chi connectivity index (χ1) is 11.7. The zero-order valence-electron chi connectivity index (χ0n) is 14.3. The molecule has 0 bridgehead atoms. The number of pyridine rings is 1. The van der Waals surface area contributed by atoms with Gasteiger partial charge in [0.15, 0.2) is 0 Å². The summed E-state index contributed by atoms with van der Waals surface area (Å²) in [6, 6.07) is 3.74. The second kappa shape index (κ2) is 7.53. The number of hydrogen-bond donors (Lipinski definition) is 1. The van der Waals surface area contributed by atoms with Crippen LogP contribution in [0.1, 0.15) is 34.6 Å². The molecule has 24 heavy (non-hydrogen) atoms. The highest BCUT2D eigenvalue weighted by atomic mass is 16.2. The summed E-state index contributed by atoms with van der Waals surface area (Å²) in [5.41, 5.74) is 2.52. The zero-order chi connectivity index (χ0) is 16.9. The van der Waals surface area contributed by atoms with E-state index < -0.39 is 0 Å². The predicted molar refractivity (Wildman–Crippen MR) is 90.4 cm³/mol. The molecule has 7 nitrogen and oxygen atoms in total. The number of piperidine rings is 1. The first-order valence-electron chi connectivity index (χ1n) is 8.41.